The van der Waals surface area contributed by atoms with Crippen molar-refractivity contribution in [2.45, 2.75) is 6.92 Å². The van der Waals surface area contributed by atoms with Crippen molar-refractivity contribution < 1.29 is 14.3 Å². The van der Waals surface area contributed by atoms with Gasteiger partial charge in [0.15, 0.2) is 17.2 Å². The lowest BCUT2D eigenvalue weighted by molar-refractivity contribution is 0.0949. The highest BCUT2D eigenvalue weighted by Gasteiger charge is 2.10. The maximum Gasteiger partial charge on any atom is 0.271 e. The fourth-order valence-corrected chi connectivity index (χ4v) is 1.63. The van der Waals surface area contributed by atoms with Gasteiger partial charge < -0.3 is 20.5 Å². The van der Waals surface area contributed by atoms with Crippen molar-refractivity contribution in [1.82, 2.24) is 15.5 Å². The summed E-state index contributed by atoms with van der Waals surface area (Å²) >= 11 is 0. The van der Waals surface area contributed by atoms with Crippen molar-refractivity contribution in [3.05, 3.63) is 36.0 Å². The van der Waals surface area contributed by atoms with Gasteiger partial charge in [-0.2, -0.15) is 0 Å². The van der Waals surface area contributed by atoms with E-state index in [0.717, 1.165) is 0 Å². The van der Waals surface area contributed by atoms with Gasteiger partial charge in [-0.1, -0.05) is 0 Å². The van der Waals surface area contributed by atoms with Gasteiger partial charge in [-0.15, -0.1) is 10.2 Å². The van der Waals surface area contributed by atoms with Crippen molar-refractivity contribution in [2.75, 3.05) is 19.4 Å². The van der Waals surface area contributed by atoms with Crippen LogP contribution in [0.4, 0.5) is 5.69 Å². The molecule has 21 heavy (non-hydrogen) atoms. The predicted octanol–water partition coefficient (Wildman–Crippen LogP) is 1.61. The Kier molecular flexibility index (Phi) is 4.55. The van der Waals surface area contributed by atoms with Crippen LogP contribution in [-0.2, 0) is 0 Å². The molecular formula is C14H16N4O3. The van der Waals surface area contributed by atoms with Crippen molar-refractivity contribution in [2.24, 2.45) is 0 Å². The Bertz CT molecular complexity index is 629. The molecule has 0 radical (unpaired) electrons. The minimum atomic E-state index is -0.280. The second kappa shape index (κ2) is 6.56. The highest BCUT2D eigenvalue weighted by Crippen LogP contribution is 2.32. The summed E-state index contributed by atoms with van der Waals surface area (Å²) in [6, 6.07) is 8.11. The number of hydrogen-bond donors (Lipinski definition) is 2. The van der Waals surface area contributed by atoms with E-state index in [2.05, 4.69) is 15.5 Å². The summed E-state index contributed by atoms with van der Waals surface area (Å²) in [5.74, 6) is 0.918. The zero-order chi connectivity index (χ0) is 15.2. The summed E-state index contributed by atoms with van der Waals surface area (Å²) in [5, 5.41) is 10.3. The Balaban J connectivity index is 2.17. The number of anilines is 1. The van der Waals surface area contributed by atoms with Crippen LogP contribution in [-0.4, -0.2) is 29.8 Å². The molecule has 0 saturated carbocycles. The summed E-state index contributed by atoms with van der Waals surface area (Å²) in [5.41, 5.74) is 6.47. The molecule has 1 aromatic heterocycles. The van der Waals surface area contributed by atoms with Crippen molar-refractivity contribution in [1.29, 1.82) is 0 Å². The number of nitrogen functional groups attached to an aromatic ring is 1. The maximum absolute atomic E-state index is 11.6. The largest absolute Gasteiger partial charge is 0.493 e. The van der Waals surface area contributed by atoms with E-state index in [-0.39, 0.29) is 17.5 Å². The van der Waals surface area contributed by atoms with Gasteiger partial charge >= 0.3 is 0 Å². The summed E-state index contributed by atoms with van der Waals surface area (Å²) in [7, 11) is 1.53. The molecule has 0 bridgehead atoms. The van der Waals surface area contributed by atoms with E-state index in [4.69, 9.17) is 15.2 Å². The zero-order valence-electron chi connectivity index (χ0n) is 11.8. The number of benzene rings is 1. The number of ether oxygens (including phenoxy) is 2. The Morgan fingerprint density at radius 3 is 2.67 bits per heavy atom. The number of nitrogens with zero attached hydrogens (tertiary/aromatic N) is 2. The van der Waals surface area contributed by atoms with Crippen LogP contribution in [0.2, 0.25) is 0 Å². The summed E-state index contributed by atoms with van der Waals surface area (Å²) in [4.78, 5) is 11.6. The molecule has 110 valence electrons. The quantitative estimate of drug-likeness (QED) is 0.811. The highest BCUT2D eigenvalue weighted by molar-refractivity contribution is 5.91. The molecule has 1 amide bonds. The minimum Gasteiger partial charge on any atom is -0.493 e. The van der Waals surface area contributed by atoms with Crippen LogP contribution in [0.3, 0.4) is 0 Å². The summed E-state index contributed by atoms with van der Waals surface area (Å²) in [6.45, 7) is 2.36. The molecule has 2 aromatic rings. The smallest absolute Gasteiger partial charge is 0.271 e. The van der Waals surface area contributed by atoms with Gasteiger partial charge in [-0.25, -0.2) is 0 Å². The van der Waals surface area contributed by atoms with Crippen LogP contribution >= 0.6 is 0 Å². The lowest BCUT2D eigenvalue weighted by Gasteiger charge is -2.10. The van der Waals surface area contributed by atoms with Crippen molar-refractivity contribution >= 4 is 11.6 Å². The van der Waals surface area contributed by atoms with Gasteiger partial charge in [0, 0.05) is 24.4 Å². The first-order valence-corrected chi connectivity index (χ1v) is 6.37. The van der Waals surface area contributed by atoms with E-state index >= 15 is 0 Å². The first-order chi connectivity index (χ1) is 10.1. The SMILES string of the molecule is CCNC(=O)c1ccc(Oc2cc(N)ccc2OC)nn1. The van der Waals surface area contributed by atoms with Gasteiger partial charge in [-0.05, 0) is 25.1 Å². The number of amides is 1. The number of hydrogen-bond acceptors (Lipinski definition) is 6. The van der Waals surface area contributed by atoms with Gasteiger partial charge in [0.25, 0.3) is 5.91 Å². The predicted molar refractivity (Wildman–Crippen MR) is 77.5 cm³/mol. The molecule has 0 saturated heterocycles. The highest BCUT2D eigenvalue weighted by atomic mass is 16.5. The number of nitrogens with two attached hydrogens (primary N) is 1. The lowest BCUT2D eigenvalue weighted by Crippen LogP contribution is -2.23. The van der Waals surface area contributed by atoms with Crippen molar-refractivity contribution in [3.8, 4) is 17.4 Å². The molecule has 1 heterocycles. The topological polar surface area (TPSA) is 99.4 Å². The number of rotatable bonds is 5. The Morgan fingerprint density at radius 1 is 1.24 bits per heavy atom. The number of carbonyl (C=O) groups excluding carboxylic acids is 1. The van der Waals surface area contributed by atoms with E-state index < -0.39 is 0 Å². The van der Waals surface area contributed by atoms with Gasteiger partial charge in [0.2, 0.25) is 5.88 Å². The third-order valence-corrected chi connectivity index (χ3v) is 2.61. The van der Waals surface area contributed by atoms with Gasteiger partial charge in [0.05, 0.1) is 7.11 Å². The van der Waals surface area contributed by atoms with E-state index in [1.54, 1.807) is 24.3 Å². The van der Waals surface area contributed by atoms with Gasteiger partial charge in [0.1, 0.15) is 0 Å². The summed E-state index contributed by atoms with van der Waals surface area (Å²) in [6.07, 6.45) is 0. The first-order valence-electron chi connectivity index (χ1n) is 6.37. The molecule has 0 aliphatic carbocycles. The number of nitrogens with one attached hydrogen (secondary N) is 1. The molecule has 7 nitrogen and oxygen atoms in total. The third kappa shape index (κ3) is 3.59. The second-order valence-electron chi connectivity index (χ2n) is 4.13. The number of aromatic nitrogens is 2. The summed E-state index contributed by atoms with van der Waals surface area (Å²) < 4.78 is 10.7. The van der Waals surface area contributed by atoms with Crippen LogP contribution in [0.25, 0.3) is 0 Å². The lowest BCUT2D eigenvalue weighted by atomic mass is 10.3. The zero-order valence-corrected chi connectivity index (χ0v) is 11.8. The average molecular weight is 288 g/mol. The van der Waals surface area contributed by atoms with Crippen LogP contribution in [0.5, 0.6) is 17.4 Å². The Hall–Kier alpha value is -2.83. The second-order valence-corrected chi connectivity index (χ2v) is 4.13. The van der Waals surface area contributed by atoms with Crippen LogP contribution in [0, 0.1) is 0 Å². The molecule has 1 aromatic carbocycles. The van der Waals surface area contributed by atoms with Crippen LogP contribution in [0.15, 0.2) is 30.3 Å². The molecule has 7 heteroatoms. The monoisotopic (exact) mass is 288 g/mol. The van der Waals surface area contributed by atoms with E-state index in [0.29, 0.717) is 23.7 Å². The van der Waals surface area contributed by atoms with E-state index in [1.165, 1.54) is 13.2 Å². The molecular weight excluding hydrogens is 272 g/mol. The Morgan fingerprint density at radius 2 is 2.05 bits per heavy atom. The third-order valence-electron chi connectivity index (χ3n) is 2.61. The maximum atomic E-state index is 11.6. The van der Waals surface area contributed by atoms with Crippen LogP contribution < -0.4 is 20.5 Å². The molecule has 0 unspecified atom stereocenters. The molecule has 0 spiro atoms. The minimum absolute atomic E-state index is 0.226. The van der Waals surface area contributed by atoms with E-state index in [1.807, 2.05) is 6.92 Å². The normalized spacial score (nSPS) is 10.0. The van der Waals surface area contributed by atoms with Crippen LogP contribution in [0.1, 0.15) is 17.4 Å². The standard InChI is InChI=1S/C14H16N4O3/c1-3-16-14(19)10-5-7-13(18-17-10)21-12-8-9(15)4-6-11(12)20-2/h4-8H,3,15H2,1-2H3,(H,16,19). The van der Waals surface area contributed by atoms with E-state index in [9.17, 15) is 4.79 Å². The van der Waals surface area contributed by atoms with Gasteiger partial charge in [-0.3, -0.25) is 4.79 Å². The molecule has 3 N–H and O–H groups in total. The fraction of sp³-hybridized carbons (Fsp3) is 0.214. The molecule has 0 aliphatic heterocycles. The molecule has 2 rings (SSSR count). The number of methoxy groups -OCH3 is 1. The molecule has 0 fully saturated rings. The molecule has 0 atom stereocenters. The molecule has 0 aliphatic rings. The van der Waals surface area contributed by atoms with Crippen molar-refractivity contribution in [3.63, 3.8) is 0 Å². The average Bonchev–Trinajstić information content (AvgIpc) is 2.48. The fourth-order valence-electron chi connectivity index (χ4n) is 1.63. The number of carbonyl (C=O) groups is 1. The Labute approximate surface area is 122 Å². The first kappa shape index (κ1) is 14.6.